The second kappa shape index (κ2) is 4.20. The lowest BCUT2D eigenvalue weighted by Gasteiger charge is -1.99. The normalized spacial score (nSPS) is 8.90. The van der Waals surface area contributed by atoms with Gasteiger partial charge in [-0.15, -0.1) is 0 Å². The van der Waals surface area contributed by atoms with Crippen LogP contribution in [0.4, 0.5) is 0 Å². The average molecular weight is 156 g/mol. The van der Waals surface area contributed by atoms with Gasteiger partial charge in [0.05, 0.1) is 0 Å². The molecule has 0 saturated carbocycles. The third kappa shape index (κ3) is 2.29. The van der Waals surface area contributed by atoms with Crippen molar-refractivity contribution in [1.29, 1.82) is 0 Å². The van der Waals surface area contributed by atoms with Gasteiger partial charge in [-0.1, -0.05) is 18.2 Å². The first kappa shape index (κ1) is 7.44. The molecule has 4 heteroatoms. The van der Waals surface area contributed by atoms with Crippen LogP contribution < -0.4 is 4.65 Å². The van der Waals surface area contributed by atoms with E-state index in [1.54, 1.807) is 0 Å². The molecule has 1 rings (SSSR count). The van der Waals surface area contributed by atoms with E-state index in [1.807, 2.05) is 30.3 Å². The van der Waals surface area contributed by atoms with Crippen molar-refractivity contribution in [3.63, 3.8) is 0 Å². The lowest BCUT2D eigenvalue weighted by molar-refractivity contribution is 0.484. The van der Waals surface area contributed by atoms with Gasteiger partial charge in [-0.25, -0.2) is 0 Å². The summed E-state index contributed by atoms with van der Waals surface area (Å²) < 4.78 is 9.20. The van der Waals surface area contributed by atoms with Crippen molar-refractivity contribution in [2.45, 2.75) is 0 Å². The highest BCUT2D eigenvalue weighted by Crippen LogP contribution is 2.06. The van der Waals surface area contributed by atoms with E-state index in [4.69, 9.17) is 16.5 Å². The molecule has 1 aromatic carbocycles. The van der Waals surface area contributed by atoms with Crippen LogP contribution in [0, 0.1) is 0 Å². The minimum absolute atomic E-state index is 0.0750. The van der Waals surface area contributed by atoms with Gasteiger partial charge in [-0.3, -0.25) is 4.21 Å². The van der Waals surface area contributed by atoms with Crippen LogP contribution in [0.2, 0.25) is 0 Å². The van der Waals surface area contributed by atoms with Crippen LogP contribution >= 0.6 is 11.9 Å². The van der Waals surface area contributed by atoms with Crippen LogP contribution in [0.15, 0.2) is 30.3 Å². The summed E-state index contributed by atoms with van der Waals surface area (Å²) in [6.45, 7) is 0. The van der Waals surface area contributed by atoms with Gasteiger partial charge >= 0.3 is 7.69 Å². The molecule has 0 spiro atoms. The summed E-state index contributed by atoms with van der Waals surface area (Å²) in [5, 5.41) is 0. The SMILES string of the molecule is ClOBOc1ccccc1. The van der Waals surface area contributed by atoms with Crippen LogP contribution in [0.5, 0.6) is 5.75 Å². The van der Waals surface area contributed by atoms with E-state index in [2.05, 4.69) is 4.21 Å². The van der Waals surface area contributed by atoms with Gasteiger partial charge in [0.2, 0.25) is 0 Å². The molecule has 0 fully saturated rings. The zero-order chi connectivity index (χ0) is 7.23. The molecule has 0 aliphatic carbocycles. The zero-order valence-corrected chi connectivity index (χ0v) is 6.04. The predicted octanol–water partition coefficient (Wildman–Crippen LogP) is 1.50. The number of halogens is 1. The maximum Gasteiger partial charge on any atom is 0.523 e. The summed E-state index contributed by atoms with van der Waals surface area (Å²) in [7, 11) is 0.0750. The number of hydrogen-bond acceptors (Lipinski definition) is 2. The van der Waals surface area contributed by atoms with E-state index >= 15 is 0 Å². The Bertz CT molecular complexity index is 180. The molecule has 10 heavy (non-hydrogen) atoms. The Hall–Kier alpha value is -0.665. The van der Waals surface area contributed by atoms with Gasteiger partial charge < -0.3 is 4.65 Å². The highest BCUT2D eigenvalue weighted by molar-refractivity contribution is 6.31. The second-order valence-corrected chi connectivity index (χ2v) is 1.90. The summed E-state index contributed by atoms with van der Waals surface area (Å²) in [4.78, 5) is 0. The maximum atomic E-state index is 5.00. The smallest absolute Gasteiger partial charge is 0.523 e. The number of para-hydroxylation sites is 1. The van der Waals surface area contributed by atoms with Gasteiger partial charge in [-0.05, 0) is 12.1 Å². The average Bonchev–Trinajstić information content (AvgIpc) is 2.03. The van der Waals surface area contributed by atoms with Crippen LogP contribution in [-0.4, -0.2) is 7.69 Å². The molecule has 0 aromatic heterocycles. The molecule has 0 heterocycles. The van der Waals surface area contributed by atoms with Crippen molar-refractivity contribution in [2.24, 2.45) is 0 Å². The Morgan fingerprint density at radius 1 is 1.20 bits per heavy atom. The zero-order valence-electron chi connectivity index (χ0n) is 5.29. The summed E-state index contributed by atoms with van der Waals surface area (Å²) in [5.74, 6) is 0.753. The number of hydrogen-bond donors (Lipinski definition) is 0. The van der Waals surface area contributed by atoms with Gasteiger partial charge in [-0.2, -0.15) is 0 Å². The lowest BCUT2D eigenvalue weighted by Crippen LogP contribution is -2.00. The fourth-order valence-electron chi connectivity index (χ4n) is 0.607. The van der Waals surface area contributed by atoms with Gasteiger partial charge in [0, 0.05) is 11.9 Å². The summed E-state index contributed by atoms with van der Waals surface area (Å²) in [6, 6.07) is 9.33. The Labute approximate surface area is 65.2 Å². The third-order valence-corrected chi connectivity index (χ3v) is 1.10. The van der Waals surface area contributed by atoms with Crippen LogP contribution in [-0.2, 0) is 4.21 Å². The largest absolute Gasteiger partial charge is 0.538 e. The Balaban J connectivity index is 2.43. The van der Waals surface area contributed by atoms with Crippen LogP contribution in [0.3, 0.4) is 0 Å². The molecule has 0 unspecified atom stereocenters. The topological polar surface area (TPSA) is 18.5 Å². The lowest BCUT2D eigenvalue weighted by atomic mass is 10.3. The first-order valence-electron chi connectivity index (χ1n) is 2.85. The van der Waals surface area contributed by atoms with E-state index < -0.39 is 0 Å². The molecule has 0 aliphatic rings. The molecule has 0 aliphatic heterocycles. The summed E-state index contributed by atoms with van der Waals surface area (Å²) >= 11 is 4.93. The highest BCUT2D eigenvalue weighted by Gasteiger charge is 1.91. The second-order valence-electron chi connectivity index (χ2n) is 1.68. The molecule has 52 valence electrons. The summed E-state index contributed by atoms with van der Waals surface area (Å²) in [6.07, 6.45) is 0. The first-order chi connectivity index (χ1) is 4.93. The molecular formula is C6H6BClO2. The van der Waals surface area contributed by atoms with E-state index in [0.717, 1.165) is 5.75 Å². The van der Waals surface area contributed by atoms with E-state index in [0.29, 0.717) is 0 Å². The Morgan fingerprint density at radius 3 is 2.50 bits per heavy atom. The first-order valence-corrected chi connectivity index (χ1v) is 3.16. The Morgan fingerprint density at radius 2 is 1.90 bits per heavy atom. The van der Waals surface area contributed by atoms with Gasteiger partial charge in [0.25, 0.3) is 0 Å². The maximum absolute atomic E-state index is 5.00. The van der Waals surface area contributed by atoms with Crippen molar-refractivity contribution in [2.75, 3.05) is 0 Å². The van der Waals surface area contributed by atoms with Crippen LogP contribution in [0.1, 0.15) is 0 Å². The minimum Gasteiger partial charge on any atom is -0.538 e. The number of benzene rings is 1. The molecule has 0 radical (unpaired) electrons. The minimum atomic E-state index is 0.0750. The van der Waals surface area contributed by atoms with Crippen molar-refractivity contribution in [3.8, 4) is 5.75 Å². The van der Waals surface area contributed by atoms with Crippen molar-refractivity contribution in [1.82, 2.24) is 0 Å². The van der Waals surface area contributed by atoms with Gasteiger partial charge in [0.1, 0.15) is 5.75 Å². The number of rotatable bonds is 3. The van der Waals surface area contributed by atoms with Crippen LogP contribution in [0.25, 0.3) is 0 Å². The van der Waals surface area contributed by atoms with Crippen molar-refractivity contribution in [3.05, 3.63) is 30.3 Å². The third-order valence-electron chi connectivity index (χ3n) is 1.01. The standard InChI is InChI=1S/C6H6BClO2/c8-10-7-9-6-4-2-1-3-5-6/h1-5,7H. The van der Waals surface area contributed by atoms with Gasteiger partial charge in [0.15, 0.2) is 0 Å². The molecule has 0 N–H and O–H groups in total. The Kier molecular flexibility index (Phi) is 3.12. The monoisotopic (exact) mass is 156 g/mol. The highest BCUT2D eigenvalue weighted by atomic mass is 35.5. The molecule has 0 bridgehead atoms. The van der Waals surface area contributed by atoms with E-state index in [1.165, 1.54) is 0 Å². The van der Waals surface area contributed by atoms with E-state index in [-0.39, 0.29) is 7.69 Å². The van der Waals surface area contributed by atoms with E-state index in [9.17, 15) is 0 Å². The predicted molar refractivity (Wildman–Crippen MR) is 41.2 cm³/mol. The molecule has 0 saturated heterocycles. The van der Waals surface area contributed by atoms with Crippen molar-refractivity contribution >= 4 is 19.6 Å². The summed E-state index contributed by atoms with van der Waals surface area (Å²) in [5.41, 5.74) is 0. The molecular weight excluding hydrogens is 150 g/mol. The molecule has 2 nitrogen and oxygen atoms in total. The van der Waals surface area contributed by atoms with Crippen molar-refractivity contribution < 1.29 is 8.86 Å². The molecule has 0 atom stereocenters. The molecule has 0 amide bonds. The quantitative estimate of drug-likeness (QED) is 0.618. The molecule has 1 aromatic rings. The fourth-order valence-corrected chi connectivity index (χ4v) is 0.652. The fraction of sp³-hybridized carbons (Fsp3) is 0.